The molecule has 0 aliphatic rings. The zero-order valence-electron chi connectivity index (χ0n) is 12.2. The van der Waals surface area contributed by atoms with Crippen LogP contribution in [0.2, 0.25) is 0 Å². The summed E-state index contributed by atoms with van der Waals surface area (Å²) in [5.74, 6) is 0.236. The van der Waals surface area contributed by atoms with Crippen LogP contribution in [-0.4, -0.2) is 42.1 Å². The maximum Gasteiger partial charge on any atom is 0.330 e. The Hall–Kier alpha value is -1.85. The Labute approximate surface area is 124 Å². The molecule has 0 fully saturated rings. The summed E-state index contributed by atoms with van der Waals surface area (Å²) in [6, 6.07) is 7.37. The number of aliphatic hydroxyl groups excluding tert-OH is 2. The highest BCUT2D eigenvalue weighted by molar-refractivity contribution is 5.87. The van der Waals surface area contributed by atoms with Crippen molar-refractivity contribution >= 4 is 12.0 Å². The molecule has 1 rings (SSSR count). The van der Waals surface area contributed by atoms with Crippen molar-refractivity contribution in [1.82, 2.24) is 0 Å². The molecule has 116 valence electrons. The van der Waals surface area contributed by atoms with E-state index in [1.807, 2.05) is 24.3 Å². The Morgan fingerprint density at radius 2 is 2.05 bits per heavy atom. The molecular formula is C16H22O5. The monoisotopic (exact) mass is 294 g/mol. The molecule has 1 unspecified atom stereocenters. The minimum absolute atomic E-state index is 0.218. The lowest BCUT2D eigenvalue weighted by Gasteiger charge is -2.06. The van der Waals surface area contributed by atoms with E-state index >= 15 is 0 Å². The van der Waals surface area contributed by atoms with E-state index < -0.39 is 18.7 Å². The first-order chi connectivity index (χ1) is 10.2. The normalized spacial score (nSPS) is 12.3. The third-order valence-corrected chi connectivity index (χ3v) is 2.69. The first kappa shape index (κ1) is 17.2. The number of unbranched alkanes of at least 4 members (excludes halogenated alkanes) is 1. The quantitative estimate of drug-likeness (QED) is 0.412. The van der Waals surface area contributed by atoms with Crippen LogP contribution in [0.15, 0.2) is 30.3 Å². The molecule has 0 aliphatic carbocycles. The third-order valence-electron chi connectivity index (χ3n) is 2.69. The lowest BCUT2D eigenvalue weighted by molar-refractivity contribution is -0.141. The van der Waals surface area contributed by atoms with Gasteiger partial charge >= 0.3 is 5.97 Å². The van der Waals surface area contributed by atoms with Gasteiger partial charge in [0.25, 0.3) is 0 Å². The van der Waals surface area contributed by atoms with Crippen molar-refractivity contribution in [3.8, 4) is 5.75 Å². The molecule has 0 radical (unpaired) electrons. The Morgan fingerprint density at radius 3 is 2.67 bits per heavy atom. The maximum absolute atomic E-state index is 11.4. The van der Waals surface area contributed by atoms with Crippen molar-refractivity contribution in [2.24, 2.45) is 0 Å². The van der Waals surface area contributed by atoms with Gasteiger partial charge in [0.1, 0.15) is 18.5 Å². The van der Waals surface area contributed by atoms with E-state index in [9.17, 15) is 4.79 Å². The molecule has 0 saturated carbocycles. The second kappa shape index (κ2) is 9.96. The standard InChI is InChI=1S/C16H22O5/c1-2-3-10-20-15-7-4-13(5-8-15)6-9-16(19)21-12-14(18)11-17/h4-9,14,17-18H,2-3,10-12H2,1H3/b9-6+. The van der Waals surface area contributed by atoms with Crippen LogP contribution in [0.25, 0.3) is 6.08 Å². The number of ether oxygens (including phenoxy) is 2. The van der Waals surface area contributed by atoms with Crippen LogP contribution in [0.3, 0.4) is 0 Å². The van der Waals surface area contributed by atoms with Crippen molar-refractivity contribution in [2.45, 2.75) is 25.9 Å². The average molecular weight is 294 g/mol. The maximum atomic E-state index is 11.4. The van der Waals surface area contributed by atoms with Gasteiger partial charge in [-0.25, -0.2) is 4.79 Å². The summed E-state index contributed by atoms with van der Waals surface area (Å²) in [5.41, 5.74) is 0.845. The van der Waals surface area contributed by atoms with Crippen molar-refractivity contribution in [2.75, 3.05) is 19.8 Å². The zero-order valence-corrected chi connectivity index (χ0v) is 12.2. The number of esters is 1. The van der Waals surface area contributed by atoms with Crippen molar-refractivity contribution in [1.29, 1.82) is 0 Å². The molecule has 1 atom stereocenters. The molecule has 1 aromatic carbocycles. The van der Waals surface area contributed by atoms with E-state index in [-0.39, 0.29) is 6.61 Å². The SMILES string of the molecule is CCCCOc1ccc(/C=C/C(=O)OCC(O)CO)cc1. The number of aliphatic hydroxyl groups is 2. The molecule has 0 amide bonds. The van der Waals surface area contributed by atoms with Gasteiger partial charge < -0.3 is 19.7 Å². The van der Waals surface area contributed by atoms with Gasteiger partial charge in [0, 0.05) is 6.08 Å². The summed E-state index contributed by atoms with van der Waals surface area (Å²) in [6.45, 7) is 2.15. The number of carbonyl (C=O) groups excluding carboxylic acids is 1. The van der Waals surface area contributed by atoms with Crippen LogP contribution >= 0.6 is 0 Å². The van der Waals surface area contributed by atoms with Crippen LogP contribution in [0.1, 0.15) is 25.3 Å². The molecule has 0 spiro atoms. The highest BCUT2D eigenvalue weighted by atomic mass is 16.5. The van der Waals surface area contributed by atoms with Gasteiger partial charge in [-0.2, -0.15) is 0 Å². The highest BCUT2D eigenvalue weighted by Gasteiger charge is 2.04. The Kier molecular flexibility index (Phi) is 8.16. The number of hydrogen-bond donors (Lipinski definition) is 2. The average Bonchev–Trinajstić information content (AvgIpc) is 2.52. The smallest absolute Gasteiger partial charge is 0.330 e. The number of hydrogen-bond acceptors (Lipinski definition) is 5. The number of carbonyl (C=O) groups is 1. The predicted octanol–water partition coefficient (Wildman–Crippen LogP) is 1.78. The second-order valence-corrected chi connectivity index (χ2v) is 4.57. The van der Waals surface area contributed by atoms with Gasteiger partial charge in [0.05, 0.1) is 13.2 Å². The first-order valence-electron chi connectivity index (χ1n) is 7.02. The van der Waals surface area contributed by atoms with E-state index in [0.29, 0.717) is 6.61 Å². The minimum atomic E-state index is -1.04. The van der Waals surface area contributed by atoms with Gasteiger partial charge in [-0.1, -0.05) is 25.5 Å². The van der Waals surface area contributed by atoms with Gasteiger partial charge in [-0.15, -0.1) is 0 Å². The summed E-state index contributed by atoms with van der Waals surface area (Å²) in [4.78, 5) is 11.4. The highest BCUT2D eigenvalue weighted by Crippen LogP contribution is 2.13. The van der Waals surface area contributed by atoms with Crippen molar-refractivity contribution in [3.05, 3.63) is 35.9 Å². The summed E-state index contributed by atoms with van der Waals surface area (Å²) >= 11 is 0. The molecule has 5 nitrogen and oxygen atoms in total. The van der Waals surface area contributed by atoms with Crippen molar-refractivity contribution in [3.63, 3.8) is 0 Å². The fourth-order valence-electron chi connectivity index (χ4n) is 1.45. The van der Waals surface area contributed by atoms with Crippen LogP contribution < -0.4 is 4.74 Å². The largest absolute Gasteiger partial charge is 0.494 e. The zero-order chi connectivity index (χ0) is 15.5. The molecular weight excluding hydrogens is 272 g/mol. The van der Waals surface area contributed by atoms with E-state index in [1.165, 1.54) is 6.08 Å². The Balaban J connectivity index is 2.40. The lowest BCUT2D eigenvalue weighted by Crippen LogP contribution is -2.21. The summed E-state index contributed by atoms with van der Waals surface area (Å²) in [6.07, 6.45) is 3.96. The molecule has 0 heterocycles. The number of benzene rings is 1. The summed E-state index contributed by atoms with van der Waals surface area (Å²) < 4.78 is 10.3. The second-order valence-electron chi connectivity index (χ2n) is 4.57. The molecule has 21 heavy (non-hydrogen) atoms. The molecule has 0 aliphatic heterocycles. The van der Waals surface area contributed by atoms with Crippen LogP contribution in [0.4, 0.5) is 0 Å². The molecule has 0 aromatic heterocycles. The lowest BCUT2D eigenvalue weighted by atomic mass is 10.2. The van der Waals surface area contributed by atoms with Gasteiger partial charge in [0.15, 0.2) is 0 Å². The van der Waals surface area contributed by atoms with Crippen LogP contribution in [0.5, 0.6) is 5.75 Å². The summed E-state index contributed by atoms with van der Waals surface area (Å²) in [5, 5.41) is 17.6. The Morgan fingerprint density at radius 1 is 1.33 bits per heavy atom. The van der Waals surface area contributed by atoms with E-state index in [2.05, 4.69) is 6.92 Å². The molecule has 0 bridgehead atoms. The molecule has 5 heteroatoms. The topological polar surface area (TPSA) is 76.0 Å². The summed E-state index contributed by atoms with van der Waals surface area (Å²) in [7, 11) is 0. The number of rotatable bonds is 9. The predicted molar refractivity (Wildman–Crippen MR) is 79.9 cm³/mol. The van der Waals surface area contributed by atoms with E-state index in [4.69, 9.17) is 19.7 Å². The minimum Gasteiger partial charge on any atom is -0.494 e. The molecule has 0 saturated heterocycles. The fraction of sp³-hybridized carbons (Fsp3) is 0.438. The van der Waals surface area contributed by atoms with Crippen LogP contribution in [0, 0.1) is 0 Å². The molecule has 2 N–H and O–H groups in total. The fourth-order valence-corrected chi connectivity index (χ4v) is 1.45. The van der Waals surface area contributed by atoms with Gasteiger partial charge in [-0.05, 0) is 30.2 Å². The Bertz CT molecular complexity index is 438. The molecule has 1 aromatic rings. The third kappa shape index (κ3) is 7.48. The van der Waals surface area contributed by atoms with Gasteiger partial charge in [0.2, 0.25) is 0 Å². The van der Waals surface area contributed by atoms with Gasteiger partial charge in [-0.3, -0.25) is 0 Å². The van der Waals surface area contributed by atoms with Crippen molar-refractivity contribution < 1.29 is 24.5 Å². The van der Waals surface area contributed by atoms with E-state index in [1.54, 1.807) is 6.08 Å². The van der Waals surface area contributed by atoms with E-state index in [0.717, 1.165) is 24.2 Å². The van der Waals surface area contributed by atoms with Crippen LogP contribution in [-0.2, 0) is 9.53 Å². The first-order valence-corrected chi connectivity index (χ1v) is 7.02.